The molecule has 1 nitrogen and oxygen atoms in total. The topological polar surface area (TPSA) is 20.2 Å². The van der Waals surface area contributed by atoms with E-state index in [0.717, 1.165) is 24.5 Å². The van der Waals surface area contributed by atoms with Crippen molar-refractivity contribution in [2.24, 2.45) is 5.92 Å². The van der Waals surface area contributed by atoms with Crippen molar-refractivity contribution in [1.29, 1.82) is 0 Å². The Labute approximate surface area is 116 Å². The molecule has 0 aromatic heterocycles. The molecular weight excluding hydrogens is 258 g/mol. The molecule has 0 saturated heterocycles. The van der Waals surface area contributed by atoms with Crippen LogP contribution in [-0.2, 0) is 12.8 Å². The summed E-state index contributed by atoms with van der Waals surface area (Å²) in [7, 11) is 0. The van der Waals surface area contributed by atoms with Crippen LogP contribution in [-0.4, -0.2) is 5.11 Å². The first-order chi connectivity index (χ1) is 9.63. The van der Waals surface area contributed by atoms with Crippen molar-refractivity contribution < 1.29 is 13.9 Å². The molecule has 0 amide bonds. The third kappa shape index (κ3) is 2.59. The Morgan fingerprint density at radius 2 is 1.75 bits per heavy atom. The first-order valence-corrected chi connectivity index (χ1v) is 6.84. The van der Waals surface area contributed by atoms with Crippen LogP contribution in [0, 0.1) is 17.6 Å². The summed E-state index contributed by atoms with van der Waals surface area (Å²) in [6, 6.07) is 11.4. The standard InChI is InChI=1S/C17H16F2O/c18-14-8-11(9-15(19)10-14)7-13-6-5-12-3-1-2-4-16(12)17(13)20/h1-4,8-10,13,17,20H,5-7H2. The number of aliphatic hydroxyl groups is 1. The van der Waals surface area contributed by atoms with Crippen molar-refractivity contribution in [2.45, 2.75) is 25.4 Å². The van der Waals surface area contributed by atoms with Gasteiger partial charge in [-0.15, -0.1) is 0 Å². The van der Waals surface area contributed by atoms with Crippen LogP contribution in [0.3, 0.4) is 0 Å². The highest BCUT2D eigenvalue weighted by atomic mass is 19.1. The van der Waals surface area contributed by atoms with Crippen molar-refractivity contribution in [1.82, 2.24) is 0 Å². The molecule has 3 rings (SSSR count). The molecule has 2 unspecified atom stereocenters. The molecular formula is C17H16F2O. The molecule has 1 aliphatic rings. The van der Waals surface area contributed by atoms with Gasteiger partial charge in [0.05, 0.1) is 6.10 Å². The molecule has 0 fully saturated rings. The fraction of sp³-hybridized carbons (Fsp3) is 0.294. The summed E-state index contributed by atoms with van der Waals surface area (Å²) in [5, 5.41) is 10.4. The van der Waals surface area contributed by atoms with E-state index in [-0.39, 0.29) is 5.92 Å². The van der Waals surface area contributed by atoms with Gasteiger partial charge in [0.15, 0.2) is 0 Å². The van der Waals surface area contributed by atoms with Crippen LogP contribution in [0.4, 0.5) is 8.78 Å². The highest BCUT2D eigenvalue weighted by Gasteiger charge is 2.27. The van der Waals surface area contributed by atoms with Crippen LogP contribution in [0.15, 0.2) is 42.5 Å². The second kappa shape index (κ2) is 5.33. The van der Waals surface area contributed by atoms with E-state index in [1.165, 1.54) is 17.7 Å². The summed E-state index contributed by atoms with van der Waals surface area (Å²) >= 11 is 0. The van der Waals surface area contributed by atoms with E-state index < -0.39 is 17.7 Å². The van der Waals surface area contributed by atoms with E-state index in [1.54, 1.807) is 0 Å². The lowest BCUT2D eigenvalue weighted by Gasteiger charge is -2.30. The molecule has 2 atom stereocenters. The molecule has 1 N–H and O–H groups in total. The summed E-state index contributed by atoms with van der Waals surface area (Å²) in [4.78, 5) is 0. The summed E-state index contributed by atoms with van der Waals surface area (Å²) in [5.74, 6) is -1.12. The Morgan fingerprint density at radius 3 is 2.50 bits per heavy atom. The molecule has 104 valence electrons. The van der Waals surface area contributed by atoms with Gasteiger partial charge in [-0.1, -0.05) is 24.3 Å². The molecule has 0 heterocycles. The zero-order valence-corrected chi connectivity index (χ0v) is 11.0. The maximum Gasteiger partial charge on any atom is 0.126 e. The second-order valence-electron chi connectivity index (χ2n) is 5.42. The number of hydrogen-bond acceptors (Lipinski definition) is 1. The SMILES string of the molecule is OC1c2ccccc2CCC1Cc1cc(F)cc(F)c1. The summed E-state index contributed by atoms with van der Waals surface area (Å²) < 4.78 is 26.4. The van der Waals surface area contributed by atoms with Crippen LogP contribution in [0.5, 0.6) is 0 Å². The molecule has 3 heteroatoms. The highest BCUT2D eigenvalue weighted by Crippen LogP contribution is 2.36. The van der Waals surface area contributed by atoms with Crippen LogP contribution in [0.1, 0.15) is 29.2 Å². The van der Waals surface area contributed by atoms with E-state index in [4.69, 9.17) is 0 Å². The lowest BCUT2D eigenvalue weighted by molar-refractivity contribution is 0.0936. The lowest BCUT2D eigenvalue weighted by Crippen LogP contribution is -2.22. The van der Waals surface area contributed by atoms with Gasteiger partial charge in [0, 0.05) is 6.07 Å². The number of rotatable bonds is 2. The maximum atomic E-state index is 13.2. The number of halogens is 2. The van der Waals surface area contributed by atoms with Gasteiger partial charge >= 0.3 is 0 Å². The predicted molar refractivity (Wildman–Crippen MR) is 73.3 cm³/mol. The smallest absolute Gasteiger partial charge is 0.126 e. The highest BCUT2D eigenvalue weighted by molar-refractivity contribution is 5.32. The zero-order chi connectivity index (χ0) is 14.1. The van der Waals surface area contributed by atoms with E-state index in [0.29, 0.717) is 12.0 Å². The Bertz CT molecular complexity index is 604. The van der Waals surface area contributed by atoms with Crippen LogP contribution >= 0.6 is 0 Å². The average Bonchev–Trinajstić information content (AvgIpc) is 2.41. The number of aliphatic hydroxyl groups excluding tert-OH is 1. The number of fused-ring (bicyclic) bond motifs is 1. The Kier molecular flexibility index (Phi) is 3.53. The Morgan fingerprint density at radius 1 is 1.05 bits per heavy atom. The van der Waals surface area contributed by atoms with Gasteiger partial charge in [-0.25, -0.2) is 8.78 Å². The van der Waals surface area contributed by atoms with Gasteiger partial charge in [0.2, 0.25) is 0 Å². The van der Waals surface area contributed by atoms with Gasteiger partial charge in [-0.3, -0.25) is 0 Å². The molecule has 0 bridgehead atoms. The molecule has 0 radical (unpaired) electrons. The summed E-state index contributed by atoms with van der Waals surface area (Å²) in [6.45, 7) is 0. The minimum absolute atomic E-state index is 0.00565. The van der Waals surface area contributed by atoms with Gasteiger partial charge in [0.1, 0.15) is 11.6 Å². The summed E-state index contributed by atoms with van der Waals surface area (Å²) in [5.41, 5.74) is 2.72. The van der Waals surface area contributed by atoms with E-state index in [9.17, 15) is 13.9 Å². The predicted octanol–water partition coefficient (Wildman–Crippen LogP) is 3.80. The van der Waals surface area contributed by atoms with E-state index >= 15 is 0 Å². The largest absolute Gasteiger partial charge is 0.388 e. The minimum Gasteiger partial charge on any atom is -0.388 e. The number of benzene rings is 2. The Balaban J connectivity index is 1.82. The maximum absolute atomic E-state index is 13.2. The first kappa shape index (κ1) is 13.3. The van der Waals surface area contributed by atoms with Crippen molar-refractivity contribution in [2.75, 3.05) is 0 Å². The molecule has 2 aromatic rings. The lowest BCUT2D eigenvalue weighted by atomic mass is 9.78. The van der Waals surface area contributed by atoms with Gasteiger partial charge in [-0.05, 0) is 54.0 Å². The van der Waals surface area contributed by atoms with Crippen molar-refractivity contribution in [3.05, 3.63) is 70.8 Å². The van der Waals surface area contributed by atoms with Crippen molar-refractivity contribution >= 4 is 0 Å². The molecule has 0 spiro atoms. The second-order valence-corrected chi connectivity index (χ2v) is 5.42. The average molecular weight is 274 g/mol. The molecule has 1 aliphatic carbocycles. The molecule has 20 heavy (non-hydrogen) atoms. The molecule has 0 aliphatic heterocycles. The van der Waals surface area contributed by atoms with E-state index in [1.807, 2.05) is 24.3 Å². The number of aryl methyl sites for hydroxylation is 1. The third-order valence-corrected chi connectivity index (χ3v) is 4.02. The van der Waals surface area contributed by atoms with Crippen LogP contribution in [0.2, 0.25) is 0 Å². The monoisotopic (exact) mass is 274 g/mol. The first-order valence-electron chi connectivity index (χ1n) is 6.84. The fourth-order valence-electron chi connectivity index (χ4n) is 3.05. The normalized spacial score (nSPS) is 21.6. The van der Waals surface area contributed by atoms with Gasteiger partial charge < -0.3 is 5.11 Å². The zero-order valence-electron chi connectivity index (χ0n) is 11.0. The molecule has 2 aromatic carbocycles. The van der Waals surface area contributed by atoms with E-state index in [2.05, 4.69) is 0 Å². The van der Waals surface area contributed by atoms with Crippen LogP contribution in [0.25, 0.3) is 0 Å². The third-order valence-electron chi connectivity index (χ3n) is 4.02. The van der Waals surface area contributed by atoms with Gasteiger partial charge in [-0.2, -0.15) is 0 Å². The quantitative estimate of drug-likeness (QED) is 0.883. The Hall–Kier alpha value is -1.74. The van der Waals surface area contributed by atoms with Crippen molar-refractivity contribution in [3.8, 4) is 0 Å². The van der Waals surface area contributed by atoms with Crippen LogP contribution < -0.4 is 0 Å². The number of hydrogen-bond donors (Lipinski definition) is 1. The fourth-order valence-corrected chi connectivity index (χ4v) is 3.05. The summed E-state index contributed by atoms with van der Waals surface area (Å²) in [6.07, 6.45) is 1.65. The van der Waals surface area contributed by atoms with Gasteiger partial charge in [0.25, 0.3) is 0 Å². The molecule has 0 saturated carbocycles. The minimum atomic E-state index is -0.564. The van der Waals surface area contributed by atoms with Crippen molar-refractivity contribution in [3.63, 3.8) is 0 Å².